The van der Waals surface area contributed by atoms with E-state index in [0.29, 0.717) is 16.4 Å². The van der Waals surface area contributed by atoms with Gasteiger partial charge in [-0.3, -0.25) is 0 Å². The monoisotopic (exact) mass is 455 g/mol. The van der Waals surface area contributed by atoms with E-state index < -0.39 is 72.7 Å². The highest BCUT2D eigenvalue weighted by Gasteiger charge is 2.53. The van der Waals surface area contributed by atoms with Gasteiger partial charge in [-0.05, 0) is 55.7 Å². The minimum Gasteiger partial charge on any atom is -0.456 e. The summed E-state index contributed by atoms with van der Waals surface area (Å²) in [5.41, 5.74) is -1.55. The van der Waals surface area contributed by atoms with Crippen molar-refractivity contribution >= 4 is 34.3 Å². The molecule has 6 rings (SSSR count). The molecule has 0 N–H and O–H groups in total. The molecule has 0 atom stereocenters. The second-order valence-electron chi connectivity index (χ2n) is 9.34. The fraction of sp³-hybridized carbons (Fsp3) is 0.200. The molecule has 1 fully saturated rings. The Balaban J connectivity index is 1.82. The molecule has 0 radical (unpaired) electrons. The van der Waals surface area contributed by atoms with Crippen LogP contribution in [0, 0.1) is 0 Å². The van der Waals surface area contributed by atoms with Gasteiger partial charge in [-0.1, -0.05) is 84.7 Å². The first-order valence-electron chi connectivity index (χ1n) is 15.6. The third-order valence-corrected chi connectivity index (χ3v) is 6.77. The highest BCUT2D eigenvalue weighted by atomic mass is 16.7. The standard InChI is InChI=1S/C30H27BO3/c1-29(2)30(3,4)34-31(33-29)27-26-23-16-9-8-14-21(23)18-19-25(26)32-28(27)24-17-11-10-15-22(24)20-12-6-5-7-13-20/h5-19H,1-4H3/i5D,6D,7D,10D,11D,12D,13D,15D,17D. The summed E-state index contributed by atoms with van der Waals surface area (Å²) in [6.07, 6.45) is 0. The van der Waals surface area contributed by atoms with Crippen LogP contribution in [-0.2, 0) is 9.31 Å². The summed E-state index contributed by atoms with van der Waals surface area (Å²) in [6.45, 7) is 7.55. The normalized spacial score (nSPS) is 20.7. The van der Waals surface area contributed by atoms with Gasteiger partial charge in [-0.2, -0.15) is 0 Å². The molecule has 0 bridgehead atoms. The highest BCUT2D eigenvalue weighted by molar-refractivity contribution is 6.67. The van der Waals surface area contributed by atoms with Gasteiger partial charge in [-0.15, -0.1) is 0 Å². The summed E-state index contributed by atoms with van der Waals surface area (Å²) in [5, 5.41) is 2.30. The van der Waals surface area contributed by atoms with Gasteiger partial charge in [0.1, 0.15) is 11.3 Å². The molecule has 1 aliphatic rings. The number of furan rings is 1. The van der Waals surface area contributed by atoms with Gasteiger partial charge in [0.05, 0.1) is 23.5 Å². The van der Waals surface area contributed by atoms with Gasteiger partial charge in [0.2, 0.25) is 0 Å². The SMILES string of the molecule is [2H]c1c([2H])c([2H])c(-c2c([2H])c([2H])c([2H])c([2H])c2-c2oc3ccc4ccccc4c3c2B2OC(C)(C)C(C)(C)O2)c([2H])c1[2H]. The van der Waals surface area contributed by atoms with Crippen LogP contribution in [0.25, 0.3) is 44.2 Å². The van der Waals surface area contributed by atoms with E-state index in [9.17, 15) is 0 Å². The molecule has 1 aromatic heterocycles. The maximum absolute atomic E-state index is 9.03. The van der Waals surface area contributed by atoms with Crippen molar-refractivity contribution in [3.8, 4) is 22.5 Å². The van der Waals surface area contributed by atoms with Crippen molar-refractivity contribution in [2.75, 3.05) is 0 Å². The van der Waals surface area contributed by atoms with Crippen molar-refractivity contribution in [1.82, 2.24) is 0 Å². The van der Waals surface area contributed by atoms with E-state index in [1.165, 1.54) is 0 Å². The van der Waals surface area contributed by atoms with Crippen LogP contribution in [0.4, 0.5) is 0 Å². The lowest BCUT2D eigenvalue weighted by Gasteiger charge is -2.32. The third kappa shape index (κ3) is 3.21. The van der Waals surface area contributed by atoms with Crippen molar-refractivity contribution < 1.29 is 26.1 Å². The van der Waals surface area contributed by atoms with Crippen molar-refractivity contribution in [1.29, 1.82) is 0 Å². The van der Waals surface area contributed by atoms with Gasteiger partial charge in [0, 0.05) is 16.4 Å². The molecule has 34 heavy (non-hydrogen) atoms. The van der Waals surface area contributed by atoms with E-state index in [4.69, 9.17) is 26.1 Å². The van der Waals surface area contributed by atoms with Crippen LogP contribution < -0.4 is 5.46 Å². The molecule has 4 aromatic carbocycles. The van der Waals surface area contributed by atoms with E-state index in [1.807, 2.05) is 58.0 Å². The molecule has 168 valence electrons. The topological polar surface area (TPSA) is 31.6 Å². The number of hydrogen-bond acceptors (Lipinski definition) is 3. The largest absolute Gasteiger partial charge is 0.499 e. The summed E-state index contributed by atoms with van der Waals surface area (Å²) in [5.74, 6) is -0.00124. The first-order chi connectivity index (χ1) is 20.1. The summed E-state index contributed by atoms with van der Waals surface area (Å²) >= 11 is 0. The van der Waals surface area contributed by atoms with Crippen LogP contribution in [0.15, 0.2) is 95.2 Å². The lowest BCUT2D eigenvalue weighted by atomic mass is 9.74. The van der Waals surface area contributed by atoms with E-state index >= 15 is 0 Å². The molecular weight excluding hydrogens is 419 g/mol. The highest BCUT2D eigenvalue weighted by Crippen LogP contribution is 2.41. The van der Waals surface area contributed by atoms with E-state index in [-0.39, 0.29) is 22.5 Å². The molecule has 3 nitrogen and oxygen atoms in total. The van der Waals surface area contributed by atoms with E-state index in [1.54, 1.807) is 6.07 Å². The summed E-state index contributed by atoms with van der Waals surface area (Å²) < 4.78 is 96.2. The molecular formula is C30H27BO3. The fourth-order valence-corrected chi connectivity index (χ4v) is 4.31. The lowest BCUT2D eigenvalue weighted by molar-refractivity contribution is 0.00578. The zero-order valence-corrected chi connectivity index (χ0v) is 19.3. The van der Waals surface area contributed by atoms with Gasteiger partial charge >= 0.3 is 7.12 Å². The Morgan fingerprint density at radius 2 is 1.38 bits per heavy atom. The first kappa shape index (κ1) is 13.5. The molecule has 5 aromatic rings. The predicted molar refractivity (Wildman–Crippen MR) is 140 cm³/mol. The van der Waals surface area contributed by atoms with Gasteiger partial charge < -0.3 is 13.7 Å². The zero-order chi connectivity index (χ0) is 31.3. The lowest BCUT2D eigenvalue weighted by Crippen LogP contribution is -2.41. The van der Waals surface area contributed by atoms with Gasteiger partial charge in [0.15, 0.2) is 0 Å². The van der Waals surface area contributed by atoms with Crippen LogP contribution in [0.3, 0.4) is 0 Å². The van der Waals surface area contributed by atoms with Crippen LogP contribution in [0.2, 0.25) is 0 Å². The average Bonchev–Trinajstić information content (AvgIpc) is 3.45. The van der Waals surface area contributed by atoms with Crippen LogP contribution in [-0.4, -0.2) is 18.3 Å². The average molecular weight is 455 g/mol. The van der Waals surface area contributed by atoms with Crippen LogP contribution in [0.1, 0.15) is 40.0 Å². The maximum Gasteiger partial charge on any atom is 0.499 e. The Bertz CT molecular complexity index is 1960. The minimum atomic E-state index is -1.03. The zero-order valence-electron chi connectivity index (χ0n) is 28.3. The Morgan fingerprint density at radius 1 is 0.735 bits per heavy atom. The smallest absolute Gasteiger partial charge is 0.456 e. The third-order valence-electron chi connectivity index (χ3n) is 6.77. The second-order valence-corrected chi connectivity index (χ2v) is 9.34. The van der Waals surface area contributed by atoms with E-state index in [0.717, 1.165) is 10.8 Å². The molecule has 0 aliphatic carbocycles. The maximum atomic E-state index is 9.03. The Kier molecular flexibility index (Phi) is 3.02. The Labute approximate surface area is 213 Å². The molecule has 0 saturated carbocycles. The van der Waals surface area contributed by atoms with Crippen molar-refractivity contribution in [2.45, 2.75) is 38.9 Å². The second kappa shape index (κ2) is 7.59. The molecule has 0 unspecified atom stereocenters. The summed E-state index contributed by atoms with van der Waals surface area (Å²) in [7, 11) is -1.03. The minimum absolute atomic E-state index is 0.00124. The molecule has 0 amide bonds. The van der Waals surface area contributed by atoms with Crippen LogP contribution in [0.5, 0.6) is 0 Å². The molecule has 4 heteroatoms. The molecule has 0 spiro atoms. The first-order valence-corrected chi connectivity index (χ1v) is 11.1. The van der Waals surface area contributed by atoms with Crippen molar-refractivity contribution in [2.24, 2.45) is 0 Å². The van der Waals surface area contributed by atoms with E-state index in [2.05, 4.69) is 0 Å². The van der Waals surface area contributed by atoms with Crippen LogP contribution >= 0.6 is 0 Å². The number of fused-ring (bicyclic) bond motifs is 3. The number of rotatable bonds is 3. The Hall–Kier alpha value is -3.34. The predicted octanol–water partition coefficient (Wildman–Crippen LogP) is 7.22. The van der Waals surface area contributed by atoms with Gasteiger partial charge in [0.25, 0.3) is 0 Å². The molecule has 1 aliphatic heterocycles. The van der Waals surface area contributed by atoms with Crippen molar-refractivity contribution in [3.63, 3.8) is 0 Å². The number of hydrogen-bond donors (Lipinski definition) is 0. The quantitative estimate of drug-likeness (QED) is 0.269. The molecule has 1 saturated heterocycles. The summed E-state index contributed by atoms with van der Waals surface area (Å²) in [6, 6.07) is 5.91. The molecule has 2 heterocycles. The van der Waals surface area contributed by atoms with Gasteiger partial charge in [-0.25, -0.2) is 0 Å². The van der Waals surface area contributed by atoms with Crippen molar-refractivity contribution in [3.05, 3.63) is 90.8 Å². The summed E-state index contributed by atoms with van der Waals surface area (Å²) in [4.78, 5) is 0. The Morgan fingerprint density at radius 3 is 2.12 bits per heavy atom. The fourth-order valence-electron chi connectivity index (χ4n) is 4.31. The number of benzene rings is 4.